The molecule has 0 aromatic heterocycles. The number of carboxylic acid groups (broad SMARTS) is 1. The monoisotopic (exact) mass is 236 g/mol. The van der Waals surface area contributed by atoms with E-state index >= 15 is 0 Å². The number of rotatable bonds is 3. The van der Waals surface area contributed by atoms with Gasteiger partial charge in [-0.2, -0.15) is 0 Å². The average Bonchev–Trinajstić information content (AvgIpc) is 1.82. The lowest BCUT2D eigenvalue weighted by Crippen LogP contribution is -2.28. The largest absolute Gasteiger partial charge is 0.480 e. The zero-order valence-electron chi connectivity index (χ0n) is 7.79. The zero-order valence-corrected chi connectivity index (χ0v) is 10.2. The minimum Gasteiger partial charge on any atom is -0.480 e. The first kappa shape index (κ1) is 13.0. The van der Waals surface area contributed by atoms with Crippen LogP contribution in [0.5, 0.6) is 0 Å². The maximum Gasteiger partial charge on any atom is 0.319 e. The number of aliphatic carboxylic acids is 1. The van der Waals surface area contributed by atoms with Gasteiger partial charge in [-0.15, -0.1) is 0 Å². The lowest BCUT2D eigenvalue weighted by Gasteiger charge is -2.17. The Hall–Kier alpha value is -0.000000000000000111. The van der Waals surface area contributed by atoms with E-state index in [-0.39, 0.29) is 0 Å². The van der Waals surface area contributed by atoms with Crippen molar-refractivity contribution in [2.75, 3.05) is 0 Å². The molecular weight excluding hydrogens is 224 g/mol. The standard InChI is InChI=1S/C8H12O2S3/c1-5(2)12-7(11)13-8(3,4)6(9)10/h1H2,2-4H3,(H,9,10). The van der Waals surface area contributed by atoms with E-state index in [1.165, 1.54) is 23.5 Å². The Bertz CT molecular complexity index is 246. The van der Waals surface area contributed by atoms with E-state index < -0.39 is 10.7 Å². The minimum absolute atomic E-state index is 0.597. The molecule has 0 amide bonds. The zero-order chi connectivity index (χ0) is 10.6. The van der Waals surface area contributed by atoms with Crippen molar-refractivity contribution in [3.8, 4) is 0 Å². The van der Waals surface area contributed by atoms with Gasteiger partial charge in [-0.3, -0.25) is 4.79 Å². The van der Waals surface area contributed by atoms with Crippen molar-refractivity contribution >= 4 is 45.2 Å². The predicted octanol–water partition coefficient (Wildman–Crippen LogP) is 3.13. The second kappa shape index (κ2) is 5.02. The smallest absolute Gasteiger partial charge is 0.319 e. The molecule has 0 heterocycles. The van der Waals surface area contributed by atoms with Gasteiger partial charge in [-0.05, 0) is 25.7 Å². The van der Waals surface area contributed by atoms with Crippen molar-refractivity contribution < 1.29 is 9.90 Å². The van der Waals surface area contributed by atoms with Gasteiger partial charge in [0.15, 0.2) is 0 Å². The highest BCUT2D eigenvalue weighted by molar-refractivity contribution is 8.48. The molecule has 5 heteroatoms. The third-order valence-electron chi connectivity index (χ3n) is 1.11. The molecule has 0 spiro atoms. The van der Waals surface area contributed by atoms with Gasteiger partial charge in [0, 0.05) is 0 Å². The number of hydrogen-bond acceptors (Lipinski definition) is 4. The summed E-state index contributed by atoms with van der Waals surface area (Å²) in [5, 5.41) is 8.81. The summed E-state index contributed by atoms with van der Waals surface area (Å²) in [5.74, 6) is -0.859. The van der Waals surface area contributed by atoms with Crippen molar-refractivity contribution in [1.82, 2.24) is 0 Å². The van der Waals surface area contributed by atoms with Crippen LogP contribution in [0.25, 0.3) is 0 Å². The molecule has 0 bridgehead atoms. The summed E-state index contributed by atoms with van der Waals surface area (Å²) in [5.41, 5.74) is 0. The molecule has 1 N–H and O–H groups in total. The number of carbonyl (C=O) groups is 1. The number of allylic oxidation sites excluding steroid dienone is 1. The molecule has 0 aromatic carbocycles. The summed E-state index contributed by atoms with van der Waals surface area (Å²) in [6, 6.07) is 0. The SMILES string of the molecule is C=C(C)SC(=S)SC(C)(C)C(=O)O. The normalized spacial score (nSPS) is 11.0. The van der Waals surface area contributed by atoms with Crippen molar-refractivity contribution in [2.24, 2.45) is 0 Å². The van der Waals surface area contributed by atoms with Crippen LogP contribution in [-0.2, 0) is 4.79 Å². The van der Waals surface area contributed by atoms with Gasteiger partial charge in [0.05, 0.1) is 0 Å². The average molecular weight is 236 g/mol. The van der Waals surface area contributed by atoms with Crippen LogP contribution in [0, 0.1) is 0 Å². The van der Waals surface area contributed by atoms with Gasteiger partial charge in [-0.25, -0.2) is 0 Å². The van der Waals surface area contributed by atoms with Crippen LogP contribution in [0.3, 0.4) is 0 Å². The summed E-state index contributed by atoms with van der Waals surface area (Å²) in [6.45, 7) is 8.78. The molecule has 0 aliphatic heterocycles. The third kappa shape index (κ3) is 5.33. The molecule has 0 aliphatic carbocycles. The Labute approximate surface area is 92.2 Å². The van der Waals surface area contributed by atoms with Gasteiger partial charge in [0.2, 0.25) is 0 Å². The second-order valence-electron chi connectivity index (χ2n) is 2.97. The summed E-state index contributed by atoms with van der Waals surface area (Å²) in [6.07, 6.45) is 0. The van der Waals surface area contributed by atoms with Crippen LogP contribution in [0.4, 0.5) is 0 Å². The topological polar surface area (TPSA) is 37.3 Å². The number of thiocarbonyl (C=S) groups is 1. The highest BCUT2D eigenvalue weighted by atomic mass is 32.2. The lowest BCUT2D eigenvalue weighted by atomic mass is 10.2. The Kier molecular flexibility index (Phi) is 5.02. The summed E-state index contributed by atoms with van der Waals surface area (Å²) in [7, 11) is 0. The molecule has 13 heavy (non-hydrogen) atoms. The summed E-state index contributed by atoms with van der Waals surface area (Å²) < 4.78 is -0.264. The predicted molar refractivity (Wildman–Crippen MR) is 64.3 cm³/mol. The van der Waals surface area contributed by atoms with Gasteiger partial charge < -0.3 is 5.11 Å². The maximum atomic E-state index is 10.7. The quantitative estimate of drug-likeness (QED) is 0.762. The number of carboxylic acids is 1. The van der Waals surface area contributed by atoms with E-state index in [1.807, 2.05) is 6.92 Å². The molecule has 0 saturated heterocycles. The van der Waals surface area contributed by atoms with Crippen LogP contribution in [0.1, 0.15) is 20.8 Å². The molecule has 0 saturated carbocycles. The fraction of sp³-hybridized carbons (Fsp3) is 0.500. The van der Waals surface area contributed by atoms with Crippen molar-refractivity contribution in [1.29, 1.82) is 0 Å². The van der Waals surface area contributed by atoms with E-state index in [0.29, 0.717) is 3.53 Å². The third-order valence-corrected chi connectivity index (χ3v) is 3.48. The second-order valence-corrected chi connectivity index (χ2v) is 7.10. The van der Waals surface area contributed by atoms with E-state index in [0.717, 1.165) is 4.91 Å². The van der Waals surface area contributed by atoms with Gasteiger partial charge >= 0.3 is 5.97 Å². The minimum atomic E-state index is -0.862. The Morgan fingerprint density at radius 1 is 1.54 bits per heavy atom. The molecule has 2 nitrogen and oxygen atoms in total. The summed E-state index contributed by atoms with van der Waals surface area (Å²) >= 11 is 7.51. The van der Waals surface area contributed by atoms with Crippen LogP contribution < -0.4 is 0 Å². The first-order valence-corrected chi connectivity index (χ1v) is 5.59. The molecule has 0 atom stereocenters. The van der Waals surface area contributed by atoms with Crippen molar-refractivity contribution in [3.05, 3.63) is 11.5 Å². The van der Waals surface area contributed by atoms with E-state index in [4.69, 9.17) is 17.3 Å². The molecule has 74 valence electrons. The number of hydrogen-bond donors (Lipinski definition) is 1. The Balaban J connectivity index is 4.20. The maximum absolute atomic E-state index is 10.7. The van der Waals surface area contributed by atoms with Crippen molar-refractivity contribution in [2.45, 2.75) is 25.5 Å². The molecule has 0 aliphatic rings. The fourth-order valence-electron chi connectivity index (χ4n) is 0.415. The molecule has 0 aromatic rings. The highest BCUT2D eigenvalue weighted by Gasteiger charge is 2.29. The summed E-state index contributed by atoms with van der Waals surface area (Å²) in [4.78, 5) is 11.6. The fourth-order valence-corrected chi connectivity index (χ4v) is 3.47. The van der Waals surface area contributed by atoms with Gasteiger partial charge in [-0.1, -0.05) is 42.3 Å². The van der Waals surface area contributed by atoms with Gasteiger partial charge in [0.1, 0.15) is 8.28 Å². The Morgan fingerprint density at radius 3 is 2.31 bits per heavy atom. The van der Waals surface area contributed by atoms with E-state index in [9.17, 15) is 4.79 Å². The van der Waals surface area contributed by atoms with Crippen LogP contribution in [0.2, 0.25) is 0 Å². The molecule has 0 radical (unpaired) electrons. The lowest BCUT2D eigenvalue weighted by molar-refractivity contribution is -0.138. The first-order chi connectivity index (χ1) is 5.75. The molecule has 0 fully saturated rings. The first-order valence-electron chi connectivity index (χ1n) is 3.55. The van der Waals surface area contributed by atoms with Crippen molar-refractivity contribution in [3.63, 3.8) is 0 Å². The van der Waals surface area contributed by atoms with Crippen LogP contribution in [-0.4, -0.2) is 19.4 Å². The Morgan fingerprint density at radius 2 is 2.00 bits per heavy atom. The number of thioether (sulfide) groups is 2. The van der Waals surface area contributed by atoms with Crippen LogP contribution in [0.15, 0.2) is 11.5 Å². The molecular formula is C8H12O2S3. The molecule has 0 rings (SSSR count). The van der Waals surface area contributed by atoms with Gasteiger partial charge in [0.25, 0.3) is 0 Å². The van der Waals surface area contributed by atoms with E-state index in [2.05, 4.69) is 6.58 Å². The van der Waals surface area contributed by atoms with E-state index in [1.54, 1.807) is 13.8 Å². The molecule has 0 unspecified atom stereocenters. The highest BCUT2D eigenvalue weighted by Crippen LogP contribution is 2.33. The van der Waals surface area contributed by atoms with Crippen LogP contribution >= 0.6 is 35.7 Å².